The standard InChI is InChI=1S/C19H12F6N2O3/c1-29-16(28)9-7-14-15-8-4-12(10-27(15)17(26-14)18(20,21)22)11-2-5-13(6-3-11)30-19(23,24)25/h2-10H,1H3. The smallest absolute Gasteiger partial charge is 0.466 e. The summed E-state index contributed by atoms with van der Waals surface area (Å²) < 4.78 is 86.0. The van der Waals surface area contributed by atoms with Gasteiger partial charge in [-0.15, -0.1) is 13.2 Å². The molecular weight excluding hydrogens is 418 g/mol. The van der Waals surface area contributed by atoms with E-state index in [9.17, 15) is 31.1 Å². The van der Waals surface area contributed by atoms with Gasteiger partial charge in [0.25, 0.3) is 0 Å². The Hall–Kier alpha value is -3.50. The molecule has 0 saturated heterocycles. The van der Waals surface area contributed by atoms with E-state index in [1.54, 1.807) is 0 Å². The van der Waals surface area contributed by atoms with Crippen LogP contribution in [0.5, 0.6) is 5.75 Å². The number of hydrogen-bond acceptors (Lipinski definition) is 4. The number of fused-ring (bicyclic) bond motifs is 1. The molecule has 1 aromatic carbocycles. The molecule has 0 aliphatic heterocycles. The van der Waals surface area contributed by atoms with Crippen molar-refractivity contribution < 1.29 is 40.6 Å². The van der Waals surface area contributed by atoms with Crippen LogP contribution in [0.15, 0.2) is 48.7 Å². The van der Waals surface area contributed by atoms with Crippen LogP contribution in [0.2, 0.25) is 0 Å². The molecular formula is C19H12F6N2O3. The van der Waals surface area contributed by atoms with Crippen molar-refractivity contribution in [3.63, 3.8) is 0 Å². The summed E-state index contributed by atoms with van der Waals surface area (Å²) in [5.74, 6) is -2.44. The summed E-state index contributed by atoms with van der Waals surface area (Å²) in [4.78, 5) is 14.8. The number of benzene rings is 1. The Balaban J connectivity index is 2.04. The number of ether oxygens (including phenoxy) is 2. The summed E-state index contributed by atoms with van der Waals surface area (Å²) in [6.45, 7) is 0. The molecule has 0 amide bonds. The first-order valence-electron chi connectivity index (χ1n) is 8.19. The van der Waals surface area contributed by atoms with E-state index in [-0.39, 0.29) is 11.2 Å². The van der Waals surface area contributed by atoms with Crippen molar-refractivity contribution in [1.82, 2.24) is 9.38 Å². The maximum Gasteiger partial charge on any atom is 0.573 e. The predicted molar refractivity (Wildman–Crippen MR) is 93.4 cm³/mol. The zero-order valence-electron chi connectivity index (χ0n) is 15.1. The fourth-order valence-corrected chi connectivity index (χ4v) is 2.67. The maximum atomic E-state index is 13.4. The van der Waals surface area contributed by atoms with Crippen LogP contribution in [0, 0.1) is 0 Å². The summed E-state index contributed by atoms with van der Waals surface area (Å²) in [5.41, 5.74) is 0.629. The second kappa shape index (κ2) is 7.73. The topological polar surface area (TPSA) is 52.8 Å². The average molecular weight is 430 g/mol. The first-order valence-corrected chi connectivity index (χ1v) is 8.19. The minimum Gasteiger partial charge on any atom is -0.466 e. The van der Waals surface area contributed by atoms with Crippen LogP contribution in [-0.2, 0) is 15.7 Å². The Morgan fingerprint density at radius 1 is 1.00 bits per heavy atom. The largest absolute Gasteiger partial charge is 0.573 e. The second-order valence-corrected chi connectivity index (χ2v) is 5.92. The van der Waals surface area contributed by atoms with E-state index in [2.05, 4.69) is 14.5 Å². The number of carbonyl (C=O) groups excluding carboxylic acids is 1. The molecule has 11 heteroatoms. The highest BCUT2D eigenvalue weighted by Crippen LogP contribution is 2.33. The first-order chi connectivity index (χ1) is 14.0. The van der Waals surface area contributed by atoms with Crippen LogP contribution in [0.4, 0.5) is 26.3 Å². The lowest BCUT2D eigenvalue weighted by molar-refractivity contribution is -0.274. The highest BCUT2D eigenvalue weighted by molar-refractivity contribution is 5.88. The van der Waals surface area contributed by atoms with Crippen molar-refractivity contribution in [2.24, 2.45) is 0 Å². The molecule has 0 atom stereocenters. The van der Waals surface area contributed by atoms with E-state index in [1.807, 2.05) is 0 Å². The van der Waals surface area contributed by atoms with Crippen LogP contribution in [0.3, 0.4) is 0 Å². The second-order valence-electron chi connectivity index (χ2n) is 5.92. The summed E-state index contributed by atoms with van der Waals surface area (Å²) >= 11 is 0. The molecule has 0 spiro atoms. The van der Waals surface area contributed by atoms with Gasteiger partial charge in [0.1, 0.15) is 5.75 Å². The Morgan fingerprint density at radius 2 is 1.63 bits per heavy atom. The Morgan fingerprint density at radius 3 is 2.20 bits per heavy atom. The highest BCUT2D eigenvalue weighted by Gasteiger charge is 2.37. The normalized spacial score (nSPS) is 12.5. The number of nitrogens with zero attached hydrogens (tertiary/aromatic N) is 2. The van der Waals surface area contributed by atoms with E-state index >= 15 is 0 Å². The average Bonchev–Trinajstić information content (AvgIpc) is 3.03. The van der Waals surface area contributed by atoms with Gasteiger partial charge in [-0.25, -0.2) is 9.78 Å². The number of aromatic nitrogens is 2. The third-order valence-electron chi connectivity index (χ3n) is 3.92. The van der Waals surface area contributed by atoms with Gasteiger partial charge in [-0.05, 0) is 35.4 Å². The van der Waals surface area contributed by atoms with E-state index in [1.165, 1.54) is 24.3 Å². The number of pyridine rings is 1. The molecule has 2 heterocycles. The molecule has 0 bridgehead atoms. The van der Waals surface area contributed by atoms with Crippen LogP contribution in [0.25, 0.3) is 22.7 Å². The molecule has 0 fully saturated rings. The lowest BCUT2D eigenvalue weighted by Crippen LogP contribution is -2.16. The number of carbonyl (C=O) groups is 1. The number of methoxy groups -OCH3 is 1. The fourth-order valence-electron chi connectivity index (χ4n) is 2.67. The molecule has 0 aliphatic rings. The quantitative estimate of drug-likeness (QED) is 0.328. The minimum atomic E-state index is -4.85. The van der Waals surface area contributed by atoms with Gasteiger partial charge in [-0.2, -0.15) is 13.2 Å². The van der Waals surface area contributed by atoms with Gasteiger partial charge in [-0.3, -0.25) is 4.40 Å². The third kappa shape index (κ3) is 4.73. The summed E-state index contributed by atoms with van der Waals surface area (Å²) in [5, 5.41) is 0. The number of imidazole rings is 1. The molecule has 30 heavy (non-hydrogen) atoms. The molecule has 0 aliphatic carbocycles. The van der Waals surface area contributed by atoms with E-state index in [4.69, 9.17) is 0 Å². The molecule has 5 nitrogen and oxygen atoms in total. The Kier molecular flexibility index (Phi) is 5.47. The van der Waals surface area contributed by atoms with Gasteiger partial charge in [-0.1, -0.05) is 18.2 Å². The van der Waals surface area contributed by atoms with Crippen molar-refractivity contribution >= 4 is 17.6 Å². The number of alkyl halides is 6. The maximum absolute atomic E-state index is 13.4. The van der Waals surface area contributed by atoms with Crippen molar-refractivity contribution in [3.8, 4) is 16.9 Å². The van der Waals surface area contributed by atoms with Crippen molar-refractivity contribution in [2.75, 3.05) is 7.11 Å². The van der Waals surface area contributed by atoms with E-state index in [0.29, 0.717) is 11.1 Å². The summed E-state index contributed by atoms with van der Waals surface area (Å²) in [6, 6.07) is 7.50. The zero-order valence-corrected chi connectivity index (χ0v) is 15.1. The highest BCUT2D eigenvalue weighted by atomic mass is 19.4. The van der Waals surface area contributed by atoms with Crippen LogP contribution in [-0.4, -0.2) is 28.8 Å². The number of rotatable bonds is 4. The monoisotopic (exact) mass is 430 g/mol. The van der Waals surface area contributed by atoms with Crippen molar-refractivity contribution in [2.45, 2.75) is 12.5 Å². The zero-order chi connectivity index (χ0) is 22.1. The van der Waals surface area contributed by atoms with Gasteiger partial charge in [0.15, 0.2) is 0 Å². The third-order valence-corrected chi connectivity index (χ3v) is 3.92. The van der Waals surface area contributed by atoms with Crippen LogP contribution < -0.4 is 4.74 Å². The number of hydrogen-bond donors (Lipinski definition) is 0. The lowest BCUT2D eigenvalue weighted by atomic mass is 10.1. The molecule has 158 valence electrons. The molecule has 2 aromatic heterocycles. The predicted octanol–water partition coefficient (Wildman–Crippen LogP) is 5.10. The van der Waals surface area contributed by atoms with Crippen molar-refractivity contribution in [1.29, 1.82) is 0 Å². The minimum absolute atomic E-state index is 0.0725. The van der Waals surface area contributed by atoms with Gasteiger partial charge in [0.05, 0.1) is 18.3 Å². The summed E-state index contributed by atoms with van der Waals surface area (Å²) in [7, 11) is 1.12. The van der Waals surface area contributed by atoms with Gasteiger partial charge in [0, 0.05) is 12.3 Å². The fraction of sp³-hybridized carbons (Fsp3) is 0.158. The van der Waals surface area contributed by atoms with E-state index < -0.39 is 30.1 Å². The number of halogens is 6. The Bertz CT molecular complexity index is 1100. The molecule has 0 saturated carbocycles. The molecule has 0 N–H and O–H groups in total. The number of esters is 1. The van der Waals surface area contributed by atoms with Crippen LogP contribution in [0.1, 0.15) is 11.5 Å². The molecule has 0 radical (unpaired) electrons. The first kappa shape index (κ1) is 21.2. The molecule has 0 unspecified atom stereocenters. The van der Waals surface area contributed by atoms with Gasteiger partial charge in [0.2, 0.25) is 5.82 Å². The Labute approximate surface area is 165 Å². The van der Waals surface area contributed by atoms with E-state index in [0.717, 1.165) is 42.0 Å². The molecule has 3 rings (SSSR count). The molecule has 3 aromatic rings. The van der Waals surface area contributed by atoms with Crippen LogP contribution >= 0.6 is 0 Å². The van der Waals surface area contributed by atoms with Gasteiger partial charge < -0.3 is 9.47 Å². The SMILES string of the molecule is COC(=O)C=Cc1nc(C(F)(F)F)n2cc(-c3ccc(OC(F)(F)F)cc3)ccc12. The summed E-state index contributed by atoms with van der Waals surface area (Å²) in [6.07, 6.45) is -6.45. The van der Waals surface area contributed by atoms with Gasteiger partial charge >= 0.3 is 18.5 Å². The lowest BCUT2D eigenvalue weighted by Gasteiger charge is -2.10. The van der Waals surface area contributed by atoms with Crippen molar-refractivity contribution in [3.05, 3.63) is 60.2 Å².